The SMILES string of the molecule is CCCCCCCCCCCCOC(=O)C(N)CCCCOC(N)=O. The molecule has 0 fully saturated rings. The number of carbonyl (C=O) groups excluding carboxylic acids is 2. The number of carbonyl (C=O) groups is 2. The zero-order chi connectivity index (χ0) is 18.8. The fraction of sp³-hybridized carbons (Fsp3) is 0.895. The van der Waals surface area contributed by atoms with Crippen LogP contribution in [0.2, 0.25) is 0 Å². The van der Waals surface area contributed by atoms with Gasteiger partial charge < -0.3 is 20.9 Å². The van der Waals surface area contributed by atoms with Crippen LogP contribution in [0.4, 0.5) is 4.79 Å². The van der Waals surface area contributed by atoms with Gasteiger partial charge in [0.05, 0.1) is 13.2 Å². The van der Waals surface area contributed by atoms with E-state index in [9.17, 15) is 9.59 Å². The largest absolute Gasteiger partial charge is 0.465 e. The average molecular weight is 359 g/mol. The molecule has 0 aliphatic carbocycles. The minimum absolute atomic E-state index is 0.260. The maximum atomic E-state index is 11.7. The van der Waals surface area contributed by atoms with Crippen molar-refractivity contribution in [1.29, 1.82) is 0 Å². The van der Waals surface area contributed by atoms with Crippen molar-refractivity contribution < 1.29 is 19.1 Å². The van der Waals surface area contributed by atoms with Crippen LogP contribution in [0, 0.1) is 0 Å². The van der Waals surface area contributed by atoms with Crippen LogP contribution in [-0.4, -0.2) is 31.3 Å². The number of primary amides is 1. The lowest BCUT2D eigenvalue weighted by molar-refractivity contribution is -0.145. The number of hydrogen-bond donors (Lipinski definition) is 2. The number of hydrogen-bond acceptors (Lipinski definition) is 5. The van der Waals surface area contributed by atoms with Gasteiger partial charge in [-0.15, -0.1) is 0 Å². The summed E-state index contributed by atoms with van der Waals surface area (Å²) in [7, 11) is 0. The predicted octanol–water partition coefficient (Wildman–Crippen LogP) is 4.04. The van der Waals surface area contributed by atoms with Gasteiger partial charge in [-0.3, -0.25) is 4.79 Å². The molecule has 0 aliphatic heterocycles. The van der Waals surface area contributed by atoms with Crippen molar-refractivity contribution in [2.24, 2.45) is 11.5 Å². The summed E-state index contributed by atoms with van der Waals surface area (Å²) in [5.41, 5.74) is 10.6. The summed E-state index contributed by atoms with van der Waals surface area (Å²) < 4.78 is 9.81. The van der Waals surface area contributed by atoms with Gasteiger partial charge >= 0.3 is 12.1 Å². The number of esters is 1. The summed E-state index contributed by atoms with van der Waals surface area (Å²) in [6.07, 6.45) is 13.6. The Labute approximate surface area is 153 Å². The highest BCUT2D eigenvalue weighted by molar-refractivity contribution is 5.75. The van der Waals surface area contributed by atoms with Crippen LogP contribution in [-0.2, 0) is 14.3 Å². The Kier molecular flexibility index (Phi) is 16.6. The Balaban J connectivity index is 3.35. The first kappa shape index (κ1) is 23.7. The molecule has 1 unspecified atom stereocenters. The Bertz CT molecular complexity index is 337. The average Bonchev–Trinajstić information content (AvgIpc) is 2.58. The highest BCUT2D eigenvalue weighted by atomic mass is 16.5. The Hall–Kier alpha value is -1.30. The molecule has 0 saturated carbocycles. The van der Waals surface area contributed by atoms with Crippen LogP contribution in [0.1, 0.15) is 90.4 Å². The van der Waals surface area contributed by atoms with Crippen molar-refractivity contribution >= 4 is 12.1 Å². The van der Waals surface area contributed by atoms with Crippen LogP contribution < -0.4 is 11.5 Å². The highest BCUT2D eigenvalue weighted by Crippen LogP contribution is 2.10. The van der Waals surface area contributed by atoms with Gasteiger partial charge in [0.25, 0.3) is 0 Å². The first-order valence-electron chi connectivity index (χ1n) is 9.92. The van der Waals surface area contributed by atoms with E-state index < -0.39 is 12.1 Å². The van der Waals surface area contributed by atoms with E-state index in [1.165, 1.54) is 51.4 Å². The highest BCUT2D eigenvalue weighted by Gasteiger charge is 2.14. The molecular formula is C19H38N2O4. The quantitative estimate of drug-likeness (QED) is 0.301. The Morgan fingerprint density at radius 3 is 1.80 bits per heavy atom. The Morgan fingerprint density at radius 2 is 1.24 bits per heavy atom. The molecule has 0 aromatic carbocycles. The molecule has 0 spiro atoms. The molecule has 0 aromatic heterocycles. The topological polar surface area (TPSA) is 105 Å². The van der Waals surface area contributed by atoms with Gasteiger partial charge in [-0.2, -0.15) is 0 Å². The minimum Gasteiger partial charge on any atom is -0.465 e. The molecule has 1 atom stereocenters. The number of rotatable bonds is 17. The maximum Gasteiger partial charge on any atom is 0.404 e. The molecule has 0 heterocycles. The lowest BCUT2D eigenvalue weighted by Gasteiger charge is -2.11. The summed E-state index contributed by atoms with van der Waals surface area (Å²) in [6.45, 7) is 2.95. The summed E-state index contributed by atoms with van der Waals surface area (Å²) >= 11 is 0. The van der Waals surface area contributed by atoms with E-state index in [1.807, 2.05) is 0 Å². The molecule has 0 rings (SSSR count). The molecule has 0 radical (unpaired) electrons. The summed E-state index contributed by atoms with van der Waals surface area (Å²) in [6, 6.07) is -0.600. The van der Waals surface area contributed by atoms with Crippen LogP contribution >= 0.6 is 0 Å². The van der Waals surface area contributed by atoms with E-state index in [0.29, 0.717) is 25.9 Å². The summed E-state index contributed by atoms with van der Waals surface area (Å²) in [5, 5.41) is 0. The third-order valence-electron chi connectivity index (χ3n) is 4.20. The molecule has 0 bridgehead atoms. The Morgan fingerprint density at radius 1 is 0.760 bits per heavy atom. The van der Waals surface area contributed by atoms with Gasteiger partial charge in [-0.25, -0.2) is 4.79 Å². The minimum atomic E-state index is -0.778. The van der Waals surface area contributed by atoms with Crippen molar-refractivity contribution in [3.63, 3.8) is 0 Å². The number of ether oxygens (including phenoxy) is 2. The molecule has 6 heteroatoms. The first-order valence-corrected chi connectivity index (χ1v) is 9.92. The zero-order valence-electron chi connectivity index (χ0n) is 16.0. The van der Waals surface area contributed by atoms with Gasteiger partial charge in [0.15, 0.2) is 0 Å². The van der Waals surface area contributed by atoms with Crippen molar-refractivity contribution in [3.8, 4) is 0 Å². The van der Waals surface area contributed by atoms with E-state index in [0.717, 1.165) is 12.8 Å². The second-order valence-electron chi connectivity index (χ2n) is 6.62. The van der Waals surface area contributed by atoms with Crippen LogP contribution in [0.3, 0.4) is 0 Å². The second-order valence-corrected chi connectivity index (χ2v) is 6.62. The summed E-state index contributed by atoms with van der Waals surface area (Å²) in [4.78, 5) is 22.1. The number of amides is 1. The third-order valence-corrected chi connectivity index (χ3v) is 4.20. The van der Waals surface area contributed by atoms with Gasteiger partial charge in [0.1, 0.15) is 6.04 Å². The second kappa shape index (κ2) is 17.5. The lowest BCUT2D eigenvalue weighted by Crippen LogP contribution is -2.32. The standard InChI is InChI=1S/C19H38N2O4/c1-2-3-4-5-6-7-8-9-10-12-15-24-18(22)17(20)14-11-13-16-25-19(21)23/h17H,2-16,20H2,1H3,(H2,21,23). The fourth-order valence-corrected chi connectivity index (χ4v) is 2.63. The van der Waals surface area contributed by atoms with Gasteiger partial charge in [-0.1, -0.05) is 64.7 Å². The molecule has 25 heavy (non-hydrogen) atoms. The van der Waals surface area contributed by atoms with Crippen LogP contribution in [0.15, 0.2) is 0 Å². The van der Waals surface area contributed by atoms with E-state index in [4.69, 9.17) is 16.2 Å². The number of unbranched alkanes of at least 4 members (excludes halogenated alkanes) is 10. The predicted molar refractivity (Wildman–Crippen MR) is 100 cm³/mol. The molecule has 0 aromatic rings. The fourth-order valence-electron chi connectivity index (χ4n) is 2.63. The molecule has 4 N–H and O–H groups in total. The first-order chi connectivity index (χ1) is 12.1. The third kappa shape index (κ3) is 17.3. The normalized spacial score (nSPS) is 11.9. The molecule has 1 amide bonds. The van der Waals surface area contributed by atoms with Crippen molar-refractivity contribution in [1.82, 2.24) is 0 Å². The summed E-state index contributed by atoms with van der Waals surface area (Å²) in [5.74, 6) is -0.341. The maximum absolute atomic E-state index is 11.7. The smallest absolute Gasteiger partial charge is 0.404 e. The van der Waals surface area contributed by atoms with E-state index in [2.05, 4.69) is 11.7 Å². The van der Waals surface area contributed by atoms with Crippen LogP contribution in [0.25, 0.3) is 0 Å². The molecule has 0 saturated heterocycles. The van der Waals surface area contributed by atoms with Crippen molar-refractivity contribution in [3.05, 3.63) is 0 Å². The molecule has 0 aliphatic rings. The van der Waals surface area contributed by atoms with Gasteiger partial charge in [0, 0.05) is 0 Å². The zero-order valence-corrected chi connectivity index (χ0v) is 16.0. The van der Waals surface area contributed by atoms with Gasteiger partial charge in [-0.05, 0) is 25.7 Å². The van der Waals surface area contributed by atoms with Gasteiger partial charge in [0.2, 0.25) is 0 Å². The van der Waals surface area contributed by atoms with Crippen molar-refractivity contribution in [2.75, 3.05) is 13.2 Å². The molecule has 6 nitrogen and oxygen atoms in total. The van der Waals surface area contributed by atoms with Crippen LogP contribution in [0.5, 0.6) is 0 Å². The molecular weight excluding hydrogens is 320 g/mol. The monoisotopic (exact) mass is 358 g/mol. The lowest BCUT2D eigenvalue weighted by atomic mass is 10.1. The number of nitrogens with two attached hydrogens (primary N) is 2. The van der Waals surface area contributed by atoms with E-state index >= 15 is 0 Å². The van der Waals surface area contributed by atoms with E-state index in [1.54, 1.807) is 0 Å². The molecule has 148 valence electrons. The van der Waals surface area contributed by atoms with Crippen molar-refractivity contribution in [2.45, 2.75) is 96.4 Å². The van der Waals surface area contributed by atoms with E-state index in [-0.39, 0.29) is 12.6 Å².